The summed E-state index contributed by atoms with van der Waals surface area (Å²) in [6.45, 7) is 26.6. The van der Waals surface area contributed by atoms with Gasteiger partial charge in [0.2, 0.25) is 0 Å². The Hall–Kier alpha value is -4.28. The normalized spacial score (nSPS) is 42.9. The number of aliphatic hydroxyl groups is 2. The molecule has 10 rings (SSSR count). The van der Waals surface area contributed by atoms with E-state index in [1.807, 2.05) is 52.0 Å². The minimum atomic E-state index is -0.404. The number of rotatable bonds is 6. The second-order valence-electron chi connectivity index (χ2n) is 24.7. The van der Waals surface area contributed by atoms with Crippen LogP contribution in [-0.2, 0) is 9.59 Å². The first-order chi connectivity index (χ1) is 32.8. The van der Waals surface area contributed by atoms with Gasteiger partial charge in [-0.2, -0.15) is 5.10 Å². The Kier molecular flexibility index (Phi) is 13.9. The number of Topliss-reactive ketones (excluding diaryl/α,β-unsaturated/α-hetero) is 1. The number of nitrogens with two attached hydrogens (primary N) is 1. The number of ketones is 2. The second-order valence-corrected chi connectivity index (χ2v) is 24.7. The molecule has 16 atom stereocenters. The Morgan fingerprint density at radius 2 is 1.27 bits per heavy atom. The lowest BCUT2D eigenvalue weighted by atomic mass is 9.44. The molecule has 6 fully saturated rings. The minimum Gasteiger partial charge on any atom is -0.467 e. The zero-order chi connectivity index (χ0) is 51.1. The third-order valence-corrected chi connectivity index (χ3v) is 21.2. The van der Waals surface area contributed by atoms with E-state index in [-0.39, 0.29) is 56.2 Å². The first kappa shape index (κ1) is 52.1. The maximum absolute atomic E-state index is 13.2. The number of allylic oxidation sites excluding steroid dienone is 8. The Morgan fingerprint density at radius 1 is 0.757 bits per heavy atom. The van der Waals surface area contributed by atoms with Gasteiger partial charge in [0, 0.05) is 71.9 Å². The molecule has 0 radical (unpaired) electrons. The fraction of sp³-hybridized carbons (Fsp3) is 0.667. The number of nitrogen functional groups attached to an aromatic ring is 1. The van der Waals surface area contributed by atoms with Crippen molar-refractivity contribution >= 4 is 34.4 Å². The third-order valence-electron chi connectivity index (χ3n) is 21.2. The lowest BCUT2D eigenvalue weighted by molar-refractivity contribution is -0.155. The van der Waals surface area contributed by atoms with Crippen molar-refractivity contribution < 1.29 is 28.6 Å². The summed E-state index contributed by atoms with van der Waals surface area (Å²) in [5, 5.41) is 30.2. The Morgan fingerprint density at radius 3 is 1.74 bits per heavy atom. The number of hydrogen-bond donors (Lipinski definition) is 3. The predicted octanol–water partition coefficient (Wildman–Crippen LogP) is 12.6. The molecule has 0 spiro atoms. The Balaban J connectivity index is 0.000000166. The van der Waals surface area contributed by atoms with E-state index in [9.17, 15) is 19.8 Å². The van der Waals surface area contributed by atoms with Gasteiger partial charge < -0.3 is 29.8 Å². The second kappa shape index (κ2) is 18.6. The number of nitrogens with zero attached hydrogens (tertiary/aromatic N) is 3. The van der Waals surface area contributed by atoms with Gasteiger partial charge >= 0.3 is 0 Å². The van der Waals surface area contributed by atoms with Gasteiger partial charge in [-0.1, -0.05) is 92.5 Å². The molecule has 2 aromatic heterocycles. The largest absolute Gasteiger partial charge is 0.467 e. The van der Waals surface area contributed by atoms with E-state index in [0.717, 1.165) is 74.3 Å². The highest BCUT2D eigenvalue weighted by atomic mass is 16.3. The van der Waals surface area contributed by atoms with E-state index in [0.29, 0.717) is 53.4 Å². The van der Waals surface area contributed by atoms with Gasteiger partial charge in [-0.05, 0) is 142 Å². The van der Waals surface area contributed by atoms with Crippen LogP contribution < -0.4 is 5.73 Å². The smallest absolute Gasteiger partial charge is 0.178 e. The first-order valence-electron chi connectivity index (χ1n) is 26.8. The number of aliphatic imine (C=N–C) groups is 1. The zero-order valence-electron chi connectivity index (χ0n) is 45.1. The van der Waals surface area contributed by atoms with Crippen LogP contribution in [0.25, 0.3) is 0 Å². The van der Waals surface area contributed by atoms with Crippen molar-refractivity contribution in [2.24, 2.45) is 89.9 Å². The SMILES string of the molecule is CC/C(=N/N(C)C)[C@@]1(C)[C@H](C)C[C@H]2[C@@H]3CCC4=CC(=O)C=C[C@]4(C)[C@H]3[C@@H](O)C[C@@]21C.CCC(=O)[C@@]1(C)[C@H](C)C[C@H]2[C@@H]3CCC4=CC(=Nc5coc(C)c5)C=C[C@]4(C)[C@H]3[C@@H](O)C[C@@]21C.Cc1cc(N)co1. The minimum absolute atomic E-state index is 0.0158. The third kappa shape index (κ3) is 8.12. The molecule has 4 N–H and O–H groups in total. The van der Waals surface area contributed by atoms with Crippen LogP contribution in [0.4, 0.5) is 11.4 Å². The number of hydrogen-bond acceptors (Lipinski definition) is 10. The number of anilines is 1. The Bertz CT molecular complexity index is 2510. The van der Waals surface area contributed by atoms with Crippen LogP contribution in [0.2, 0.25) is 0 Å². The molecule has 0 unspecified atom stereocenters. The van der Waals surface area contributed by atoms with Crippen LogP contribution in [-0.4, -0.2) is 64.5 Å². The standard InChI is InChI=1S/C29H39NO3.C26H40N2O2.C5H7NO/c1-7-25(32)29(6)17(2)12-23-22-9-8-19-14-20(30-21-13-18(3)33-16-21)10-11-27(19,4)26(22)24(31)15-28(23,29)5;1-8-22(27-28(6)7)26(5)16(2)13-20-19-10-9-17-14-18(29)11-12-24(17,3)23(19)21(30)15-25(20,26)4;1-4-2-5(6)3-7-4/h10-11,13-14,16-17,22-24,26,31H,7-9,12,15H2,1-6H3;11-12,14,16,19-21,23,30H,8-10,13,15H2,1-7H3;2-3H,6H2,1H3/b;27-22-;/t17-,22+,23+,24+,26-,27+,28+,29-;16-,19+,20+,21+,23-,24+,25+,26-;/m11./s1. The van der Waals surface area contributed by atoms with Gasteiger partial charge in [-0.25, -0.2) is 4.99 Å². The topological polar surface area (TPSA) is 155 Å². The zero-order valence-corrected chi connectivity index (χ0v) is 45.1. The summed E-state index contributed by atoms with van der Waals surface area (Å²) < 4.78 is 10.2. The summed E-state index contributed by atoms with van der Waals surface area (Å²) in [6.07, 6.45) is 24.3. The molecule has 0 amide bonds. The van der Waals surface area contributed by atoms with E-state index in [4.69, 9.17) is 24.7 Å². The highest BCUT2D eigenvalue weighted by Crippen LogP contribution is 2.73. The summed E-state index contributed by atoms with van der Waals surface area (Å²) in [5.74, 6) is 5.46. The summed E-state index contributed by atoms with van der Waals surface area (Å²) in [6, 6.07) is 3.73. The van der Waals surface area contributed by atoms with E-state index in [2.05, 4.69) is 86.6 Å². The van der Waals surface area contributed by atoms with Gasteiger partial charge in [0.25, 0.3) is 0 Å². The molecule has 8 aliphatic rings. The molecule has 0 aromatic carbocycles. The molecule has 6 saturated carbocycles. The summed E-state index contributed by atoms with van der Waals surface area (Å²) in [5.41, 5.74) is 10.8. The predicted molar refractivity (Wildman–Crippen MR) is 281 cm³/mol. The molecule has 10 heteroatoms. The summed E-state index contributed by atoms with van der Waals surface area (Å²) >= 11 is 0. The van der Waals surface area contributed by atoms with Crippen molar-refractivity contribution in [3.8, 4) is 0 Å². The summed E-state index contributed by atoms with van der Waals surface area (Å²) in [4.78, 5) is 30.0. The van der Waals surface area contributed by atoms with Crippen LogP contribution >= 0.6 is 0 Å². The molecule has 8 aliphatic carbocycles. The number of aliphatic hydroxyl groups excluding tert-OH is 2. The van der Waals surface area contributed by atoms with Crippen molar-refractivity contribution in [3.63, 3.8) is 0 Å². The van der Waals surface area contributed by atoms with Crippen LogP contribution in [0.5, 0.6) is 0 Å². The number of fused-ring (bicyclic) bond motifs is 10. The number of hydrazone groups is 1. The molecule has 10 nitrogen and oxygen atoms in total. The molecule has 0 aliphatic heterocycles. The van der Waals surface area contributed by atoms with Crippen LogP contribution in [0.15, 0.2) is 91.2 Å². The van der Waals surface area contributed by atoms with E-state index in [1.165, 1.54) is 29.5 Å². The van der Waals surface area contributed by atoms with Gasteiger partial charge in [0.1, 0.15) is 35.5 Å². The maximum atomic E-state index is 13.2. The van der Waals surface area contributed by atoms with Crippen molar-refractivity contribution in [2.75, 3.05) is 19.8 Å². The number of aryl methyl sites for hydroxylation is 2. The number of carbonyl (C=O) groups excluding carboxylic acids is 2. The molecule has 2 aromatic rings. The molecule has 382 valence electrons. The van der Waals surface area contributed by atoms with Gasteiger partial charge in [0.15, 0.2) is 5.78 Å². The van der Waals surface area contributed by atoms with Crippen LogP contribution in [0, 0.1) is 93.7 Å². The average Bonchev–Trinajstić information content (AvgIpc) is 4.01. The Labute approximate surface area is 419 Å². The molecule has 2 heterocycles. The lowest BCUT2D eigenvalue weighted by Gasteiger charge is -2.60. The average molecular weight is 959 g/mol. The van der Waals surface area contributed by atoms with Crippen LogP contribution in [0.3, 0.4) is 0 Å². The fourth-order valence-corrected chi connectivity index (χ4v) is 17.3. The van der Waals surface area contributed by atoms with Crippen molar-refractivity contribution in [1.82, 2.24) is 5.01 Å². The highest BCUT2D eigenvalue weighted by molar-refractivity contribution is 6.07. The molecule has 0 saturated heterocycles. The van der Waals surface area contributed by atoms with Gasteiger partial charge in [-0.3, -0.25) is 9.59 Å². The van der Waals surface area contributed by atoms with Crippen molar-refractivity contribution in [1.29, 1.82) is 0 Å². The van der Waals surface area contributed by atoms with E-state index < -0.39 is 6.10 Å². The lowest BCUT2D eigenvalue weighted by Crippen LogP contribution is -2.58. The van der Waals surface area contributed by atoms with Gasteiger partial charge in [0.05, 0.1) is 23.6 Å². The van der Waals surface area contributed by atoms with Crippen LogP contribution in [0.1, 0.15) is 145 Å². The van der Waals surface area contributed by atoms with E-state index >= 15 is 0 Å². The molecule has 70 heavy (non-hydrogen) atoms. The maximum Gasteiger partial charge on any atom is 0.178 e. The summed E-state index contributed by atoms with van der Waals surface area (Å²) in [7, 11) is 4.02. The monoisotopic (exact) mass is 959 g/mol. The van der Waals surface area contributed by atoms with Crippen molar-refractivity contribution in [2.45, 2.75) is 160 Å². The molecular weight excluding hydrogens is 873 g/mol. The first-order valence-corrected chi connectivity index (χ1v) is 26.8. The molecular formula is C60H86N4O6. The fourth-order valence-electron chi connectivity index (χ4n) is 17.3. The number of carbonyl (C=O) groups is 2. The van der Waals surface area contributed by atoms with Gasteiger partial charge in [-0.15, -0.1) is 0 Å². The highest BCUT2D eigenvalue weighted by Gasteiger charge is 2.70. The molecule has 0 bridgehead atoms. The quantitative estimate of drug-likeness (QED) is 0.191. The van der Waals surface area contributed by atoms with Crippen molar-refractivity contribution in [3.05, 3.63) is 83.8 Å². The number of furan rings is 2. The van der Waals surface area contributed by atoms with E-state index in [1.54, 1.807) is 18.4 Å².